The van der Waals surface area contributed by atoms with Gasteiger partial charge in [0, 0.05) is 43.3 Å². The summed E-state index contributed by atoms with van der Waals surface area (Å²) in [5, 5.41) is 10.8. The van der Waals surface area contributed by atoms with E-state index in [0.717, 1.165) is 40.3 Å². The Bertz CT molecular complexity index is 1340. The Balaban J connectivity index is 1.35. The van der Waals surface area contributed by atoms with Crippen molar-refractivity contribution in [2.24, 2.45) is 7.05 Å². The number of rotatable bonds is 2. The number of hydrogen-bond donors (Lipinski definition) is 0. The van der Waals surface area contributed by atoms with Crippen LogP contribution in [-0.4, -0.2) is 49.2 Å². The van der Waals surface area contributed by atoms with Gasteiger partial charge in [-0.2, -0.15) is 10.2 Å². The number of hydrogen-bond acceptors (Lipinski definition) is 4. The van der Waals surface area contributed by atoms with Gasteiger partial charge in [0.1, 0.15) is 11.1 Å². The first-order valence-corrected chi connectivity index (χ1v) is 11.3. The van der Waals surface area contributed by atoms with Crippen LogP contribution in [0.1, 0.15) is 39.7 Å². The number of piperidine rings is 1. The molecule has 172 valence electrons. The standard InChI is InChI=1S/C25H28FN5O2/c1-25(2,3)33-24(32)30-9-7-20(8-10-30)31-15-17-6-5-16(13-22(17)27-31)18-11-19-14-29(4)28-23(19)21(26)12-18/h5-6,11-15,20H,7-10H2,1-4H3. The van der Waals surface area contributed by atoms with E-state index in [0.29, 0.717) is 18.6 Å². The van der Waals surface area contributed by atoms with Crippen LogP contribution in [0.4, 0.5) is 9.18 Å². The third kappa shape index (κ3) is 4.29. The molecule has 0 aliphatic carbocycles. The van der Waals surface area contributed by atoms with E-state index < -0.39 is 5.60 Å². The van der Waals surface area contributed by atoms with E-state index >= 15 is 0 Å². The summed E-state index contributed by atoms with van der Waals surface area (Å²) >= 11 is 0. The zero-order valence-corrected chi connectivity index (χ0v) is 19.4. The van der Waals surface area contributed by atoms with Gasteiger partial charge in [-0.15, -0.1) is 0 Å². The summed E-state index contributed by atoms with van der Waals surface area (Å²) in [7, 11) is 1.79. The maximum Gasteiger partial charge on any atom is 0.410 e. The van der Waals surface area contributed by atoms with Crippen LogP contribution in [0, 0.1) is 5.82 Å². The highest BCUT2D eigenvalue weighted by Gasteiger charge is 2.28. The van der Waals surface area contributed by atoms with Gasteiger partial charge < -0.3 is 9.64 Å². The van der Waals surface area contributed by atoms with Gasteiger partial charge >= 0.3 is 6.09 Å². The first-order chi connectivity index (χ1) is 15.7. The van der Waals surface area contributed by atoms with Crippen LogP contribution in [0.15, 0.2) is 42.7 Å². The average molecular weight is 450 g/mol. The molecule has 1 saturated heterocycles. The Hall–Kier alpha value is -3.42. The monoisotopic (exact) mass is 449 g/mol. The highest BCUT2D eigenvalue weighted by Crippen LogP contribution is 2.30. The molecule has 0 bridgehead atoms. The van der Waals surface area contributed by atoms with Gasteiger partial charge in [-0.25, -0.2) is 9.18 Å². The van der Waals surface area contributed by atoms with E-state index in [2.05, 4.69) is 11.3 Å². The molecule has 1 aliphatic heterocycles. The highest BCUT2D eigenvalue weighted by molar-refractivity contribution is 5.88. The zero-order chi connectivity index (χ0) is 23.3. The van der Waals surface area contributed by atoms with Crippen LogP contribution >= 0.6 is 0 Å². The fraction of sp³-hybridized carbons (Fsp3) is 0.400. The van der Waals surface area contributed by atoms with Crippen molar-refractivity contribution in [3.8, 4) is 11.1 Å². The molecule has 33 heavy (non-hydrogen) atoms. The fourth-order valence-electron chi connectivity index (χ4n) is 4.42. The smallest absolute Gasteiger partial charge is 0.410 e. The minimum Gasteiger partial charge on any atom is -0.444 e. The first kappa shape index (κ1) is 21.4. The van der Waals surface area contributed by atoms with Crippen molar-refractivity contribution in [1.29, 1.82) is 0 Å². The zero-order valence-electron chi connectivity index (χ0n) is 19.4. The minimum absolute atomic E-state index is 0.226. The summed E-state index contributed by atoms with van der Waals surface area (Å²) in [4.78, 5) is 14.1. The number of benzene rings is 2. The number of aromatic nitrogens is 4. The average Bonchev–Trinajstić information content (AvgIpc) is 3.35. The molecule has 4 aromatic rings. The molecule has 0 saturated carbocycles. The van der Waals surface area contributed by atoms with Gasteiger partial charge in [0.2, 0.25) is 0 Å². The molecule has 0 atom stereocenters. The Morgan fingerprint density at radius 3 is 2.52 bits per heavy atom. The van der Waals surface area contributed by atoms with E-state index in [9.17, 15) is 9.18 Å². The van der Waals surface area contributed by atoms with Crippen molar-refractivity contribution < 1.29 is 13.9 Å². The van der Waals surface area contributed by atoms with Gasteiger partial charge in [-0.3, -0.25) is 9.36 Å². The fourth-order valence-corrected chi connectivity index (χ4v) is 4.42. The molecule has 0 spiro atoms. The summed E-state index contributed by atoms with van der Waals surface area (Å²) in [6.07, 6.45) is 5.26. The molecule has 5 rings (SSSR count). The lowest BCUT2D eigenvalue weighted by molar-refractivity contribution is 0.0185. The van der Waals surface area contributed by atoms with E-state index in [1.807, 2.05) is 55.9 Å². The summed E-state index contributed by atoms with van der Waals surface area (Å²) in [5.41, 5.74) is 2.47. The Labute approximate surface area is 191 Å². The molecule has 1 fully saturated rings. The van der Waals surface area contributed by atoms with E-state index in [1.165, 1.54) is 6.07 Å². The molecular formula is C25H28FN5O2. The molecule has 0 radical (unpaired) electrons. The SMILES string of the molecule is Cn1cc2cc(-c3ccc4cn(C5CCN(C(=O)OC(C)(C)C)CC5)nc4c3)cc(F)c2n1. The van der Waals surface area contributed by atoms with Crippen molar-refractivity contribution in [1.82, 2.24) is 24.5 Å². The van der Waals surface area contributed by atoms with Crippen molar-refractivity contribution in [2.45, 2.75) is 45.3 Å². The van der Waals surface area contributed by atoms with Crippen LogP contribution in [0.25, 0.3) is 32.9 Å². The molecule has 1 amide bonds. The predicted octanol–water partition coefficient (Wildman–Crippen LogP) is 5.30. The van der Waals surface area contributed by atoms with Gasteiger partial charge in [0.05, 0.1) is 11.6 Å². The topological polar surface area (TPSA) is 65.2 Å². The maximum atomic E-state index is 14.6. The third-order valence-corrected chi connectivity index (χ3v) is 6.03. The van der Waals surface area contributed by atoms with Gasteiger partial charge in [-0.05, 0) is 62.9 Å². The summed E-state index contributed by atoms with van der Waals surface area (Å²) < 4.78 is 23.7. The van der Waals surface area contributed by atoms with Crippen molar-refractivity contribution in [3.63, 3.8) is 0 Å². The number of likely N-dealkylation sites (tertiary alicyclic amines) is 1. The lowest BCUT2D eigenvalue weighted by Crippen LogP contribution is -2.42. The largest absolute Gasteiger partial charge is 0.444 e. The molecule has 2 aromatic carbocycles. The lowest BCUT2D eigenvalue weighted by atomic mass is 10.0. The molecule has 8 heteroatoms. The van der Waals surface area contributed by atoms with Crippen LogP contribution in [-0.2, 0) is 11.8 Å². The molecule has 7 nitrogen and oxygen atoms in total. The van der Waals surface area contributed by atoms with Crippen molar-refractivity contribution >= 4 is 27.9 Å². The van der Waals surface area contributed by atoms with Crippen molar-refractivity contribution in [2.75, 3.05) is 13.1 Å². The molecule has 0 N–H and O–H groups in total. The number of carbonyl (C=O) groups is 1. The highest BCUT2D eigenvalue weighted by atomic mass is 19.1. The predicted molar refractivity (Wildman–Crippen MR) is 125 cm³/mol. The number of nitrogens with zero attached hydrogens (tertiary/aromatic N) is 5. The first-order valence-electron chi connectivity index (χ1n) is 11.3. The summed E-state index contributed by atoms with van der Waals surface area (Å²) in [6.45, 7) is 6.93. The van der Waals surface area contributed by atoms with Gasteiger partial charge in [0.25, 0.3) is 0 Å². The van der Waals surface area contributed by atoms with E-state index in [4.69, 9.17) is 9.84 Å². The summed E-state index contributed by atoms with van der Waals surface area (Å²) in [5.74, 6) is -0.328. The number of ether oxygens (including phenoxy) is 1. The molecule has 0 unspecified atom stereocenters. The van der Waals surface area contributed by atoms with Gasteiger partial charge in [0.15, 0.2) is 5.82 Å². The minimum atomic E-state index is -0.490. The number of carbonyl (C=O) groups excluding carboxylic acids is 1. The normalized spacial score (nSPS) is 15.5. The van der Waals surface area contributed by atoms with Gasteiger partial charge in [-0.1, -0.05) is 12.1 Å². The quantitative estimate of drug-likeness (QED) is 0.417. The second-order valence-corrected chi connectivity index (χ2v) is 9.78. The molecule has 2 aromatic heterocycles. The second kappa shape index (κ2) is 7.86. The second-order valence-electron chi connectivity index (χ2n) is 9.78. The maximum absolute atomic E-state index is 14.6. The lowest BCUT2D eigenvalue weighted by Gasteiger charge is -2.33. The molecule has 3 heterocycles. The number of aryl methyl sites for hydroxylation is 1. The molecule has 1 aliphatic rings. The number of amides is 1. The Morgan fingerprint density at radius 2 is 1.79 bits per heavy atom. The molecular weight excluding hydrogens is 421 g/mol. The van der Waals surface area contributed by atoms with Crippen LogP contribution in [0.3, 0.4) is 0 Å². The summed E-state index contributed by atoms with van der Waals surface area (Å²) in [6, 6.07) is 9.73. The van der Waals surface area contributed by atoms with E-state index in [-0.39, 0.29) is 18.0 Å². The Morgan fingerprint density at radius 1 is 1.03 bits per heavy atom. The van der Waals surface area contributed by atoms with Crippen LogP contribution in [0.5, 0.6) is 0 Å². The Kier molecular flexibility index (Phi) is 5.11. The number of halogens is 1. The number of fused-ring (bicyclic) bond motifs is 2. The third-order valence-electron chi connectivity index (χ3n) is 6.03. The van der Waals surface area contributed by atoms with Crippen LogP contribution < -0.4 is 0 Å². The van der Waals surface area contributed by atoms with Crippen molar-refractivity contribution in [3.05, 3.63) is 48.5 Å². The van der Waals surface area contributed by atoms with Crippen LogP contribution in [0.2, 0.25) is 0 Å². The van der Waals surface area contributed by atoms with E-state index in [1.54, 1.807) is 16.6 Å².